The summed E-state index contributed by atoms with van der Waals surface area (Å²) in [5.41, 5.74) is 1.94. The number of carbonyl (C=O) groups excluding carboxylic acids is 1. The van der Waals surface area contributed by atoms with Gasteiger partial charge in [0.25, 0.3) is 5.91 Å². The molecule has 0 saturated carbocycles. The van der Waals surface area contributed by atoms with Crippen LogP contribution in [0, 0.1) is 0 Å². The Morgan fingerprint density at radius 3 is 2.87 bits per heavy atom. The van der Waals surface area contributed by atoms with Crippen LogP contribution in [0.3, 0.4) is 0 Å². The molecule has 1 aromatic rings. The second kappa shape index (κ2) is 7.37. The van der Waals surface area contributed by atoms with E-state index in [1.807, 2.05) is 30.3 Å². The van der Waals surface area contributed by atoms with Gasteiger partial charge < -0.3 is 14.8 Å². The van der Waals surface area contributed by atoms with E-state index in [2.05, 4.69) is 17.2 Å². The summed E-state index contributed by atoms with van der Waals surface area (Å²) in [6.07, 6.45) is 3.12. The molecule has 2 heterocycles. The molecule has 3 rings (SSSR count). The van der Waals surface area contributed by atoms with Crippen LogP contribution in [0.1, 0.15) is 18.9 Å². The predicted molar refractivity (Wildman–Crippen MR) is 90.6 cm³/mol. The number of carbonyl (C=O) groups is 1. The fraction of sp³-hybridized carbons (Fsp3) is 0.294. The Kier molecular flexibility index (Phi) is 5.02. The second-order valence-corrected chi connectivity index (χ2v) is 6.12. The highest BCUT2D eigenvalue weighted by molar-refractivity contribution is 8.18. The number of rotatable bonds is 5. The lowest BCUT2D eigenvalue weighted by molar-refractivity contribution is -0.115. The molecule has 0 spiro atoms. The molecule has 23 heavy (non-hydrogen) atoms. The minimum absolute atomic E-state index is 0.132. The molecule has 1 saturated heterocycles. The molecule has 0 unspecified atom stereocenters. The van der Waals surface area contributed by atoms with Crippen LogP contribution in [-0.2, 0) is 20.7 Å². The Morgan fingerprint density at radius 1 is 1.35 bits per heavy atom. The van der Waals surface area contributed by atoms with Crippen LogP contribution in [-0.4, -0.2) is 24.4 Å². The molecule has 2 aliphatic rings. The first-order chi connectivity index (χ1) is 11.3. The van der Waals surface area contributed by atoms with Gasteiger partial charge in [-0.2, -0.15) is 0 Å². The van der Waals surface area contributed by atoms with E-state index < -0.39 is 0 Å². The Labute approximate surface area is 139 Å². The number of amides is 1. The summed E-state index contributed by atoms with van der Waals surface area (Å²) >= 11 is 1.37. The maximum absolute atomic E-state index is 12.3. The van der Waals surface area contributed by atoms with Crippen molar-refractivity contribution in [3.8, 4) is 0 Å². The van der Waals surface area contributed by atoms with Gasteiger partial charge in [0.15, 0.2) is 10.9 Å². The summed E-state index contributed by atoms with van der Waals surface area (Å²) < 4.78 is 10.7. The third-order valence-corrected chi connectivity index (χ3v) is 4.43. The maximum Gasteiger partial charge on any atom is 0.264 e. The SMILES string of the molecule is CCCN=C1NC(=O)C(=C(Cc2ccccc2)C2=COCO2)S1. The highest BCUT2D eigenvalue weighted by Gasteiger charge is 2.30. The van der Waals surface area contributed by atoms with Crippen LogP contribution in [0.25, 0.3) is 0 Å². The number of amidine groups is 1. The quantitative estimate of drug-likeness (QED) is 0.843. The van der Waals surface area contributed by atoms with Crippen LogP contribution >= 0.6 is 11.8 Å². The van der Waals surface area contributed by atoms with Crippen LogP contribution in [0.5, 0.6) is 0 Å². The van der Waals surface area contributed by atoms with E-state index in [1.54, 1.807) is 6.26 Å². The van der Waals surface area contributed by atoms with Crippen LogP contribution in [0.15, 0.2) is 57.8 Å². The van der Waals surface area contributed by atoms with Gasteiger partial charge in [-0.25, -0.2) is 0 Å². The predicted octanol–water partition coefficient (Wildman–Crippen LogP) is 2.96. The molecule has 2 aliphatic heterocycles. The van der Waals surface area contributed by atoms with Gasteiger partial charge in [-0.05, 0) is 23.7 Å². The summed E-state index contributed by atoms with van der Waals surface area (Å²) in [5.74, 6) is 0.482. The minimum Gasteiger partial charge on any atom is -0.461 e. The lowest BCUT2D eigenvalue weighted by Crippen LogP contribution is -2.20. The number of aliphatic imine (C=N–C) groups is 1. The van der Waals surface area contributed by atoms with Crippen molar-refractivity contribution in [2.45, 2.75) is 19.8 Å². The normalized spacial score (nSPS) is 20.8. The lowest BCUT2D eigenvalue weighted by atomic mass is 10.0. The molecular formula is C17H18N2O3S. The molecule has 0 bridgehead atoms. The first-order valence-electron chi connectivity index (χ1n) is 7.53. The van der Waals surface area contributed by atoms with Gasteiger partial charge in [0.05, 0.1) is 4.91 Å². The Hall–Kier alpha value is -2.21. The van der Waals surface area contributed by atoms with Crippen molar-refractivity contribution < 1.29 is 14.3 Å². The monoisotopic (exact) mass is 330 g/mol. The molecule has 0 aromatic heterocycles. The summed E-state index contributed by atoms with van der Waals surface area (Å²) in [5, 5.41) is 3.47. The average molecular weight is 330 g/mol. The average Bonchev–Trinajstić information content (AvgIpc) is 3.22. The van der Waals surface area contributed by atoms with Crippen molar-refractivity contribution in [1.82, 2.24) is 5.32 Å². The fourth-order valence-electron chi connectivity index (χ4n) is 2.28. The summed E-state index contributed by atoms with van der Waals surface area (Å²) in [7, 11) is 0. The maximum atomic E-state index is 12.3. The highest BCUT2D eigenvalue weighted by Crippen LogP contribution is 2.33. The third-order valence-electron chi connectivity index (χ3n) is 3.37. The number of hydrogen-bond donors (Lipinski definition) is 1. The number of benzene rings is 1. The zero-order valence-electron chi connectivity index (χ0n) is 12.9. The van der Waals surface area contributed by atoms with E-state index in [1.165, 1.54) is 11.8 Å². The van der Waals surface area contributed by atoms with Gasteiger partial charge in [0, 0.05) is 18.5 Å². The molecule has 0 aliphatic carbocycles. The van der Waals surface area contributed by atoms with E-state index in [0.29, 0.717) is 28.8 Å². The van der Waals surface area contributed by atoms with Crippen LogP contribution in [0.4, 0.5) is 0 Å². The van der Waals surface area contributed by atoms with E-state index in [0.717, 1.165) is 17.6 Å². The first kappa shape index (κ1) is 15.7. The van der Waals surface area contributed by atoms with Crippen molar-refractivity contribution in [2.75, 3.05) is 13.3 Å². The number of nitrogens with zero attached hydrogens (tertiary/aromatic N) is 1. The largest absolute Gasteiger partial charge is 0.461 e. The molecule has 0 radical (unpaired) electrons. The van der Waals surface area contributed by atoms with Crippen LogP contribution in [0.2, 0.25) is 0 Å². The van der Waals surface area contributed by atoms with E-state index >= 15 is 0 Å². The van der Waals surface area contributed by atoms with Gasteiger partial charge in [-0.1, -0.05) is 37.3 Å². The van der Waals surface area contributed by atoms with Crippen molar-refractivity contribution >= 4 is 22.8 Å². The van der Waals surface area contributed by atoms with E-state index in [9.17, 15) is 4.79 Å². The van der Waals surface area contributed by atoms with E-state index in [4.69, 9.17) is 9.47 Å². The smallest absolute Gasteiger partial charge is 0.264 e. The van der Waals surface area contributed by atoms with Gasteiger partial charge in [-0.15, -0.1) is 0 Å². The highest BCUT2D eigenvalue weighted by atomic mass is 32.2. The molecule has 1 N–H and O–H groups in total. The van der Waals surface area contributed by atoms with Gasteiger partial charge in [-0.3, -0.25) is 9.79 Å². The van der Waals surface area contributed by atoms with Gasteiger partial charge >= 0.3 is 0 Å². The molecule has 120 valence electrons. The summed E-state index contributed by atoms with van der Waals surface area (Å²) in [6, 6.07) is 9.99. The zero-order chi connectivity index (χ0) is 16.1. The molecule has 1 fully saturated rings. The Balaban J connectivity index is 1.92. The second-order valence-electron chi connectivity index (χ2n) is 5.12. The molecular weight excluding hydrogens is 312 g/mol. The van der Waals surface area contributed by atoms with Crippen LogP contribution < -0.4 is 5.32 Å². The molecule has 6 heteroatoms. The third kappa shape index (κ3) is 3.76. The molecule has 0 atom stereocenters. The molecule has 1 aromatic carbocycles. The number of hydrogen-bond acceptors (Lipinski definition) is 5. The number of thioether (sulfide) groups is 1. The first-order valence-corrected chi connectivity index (χ1v) is 8.35. The fourth-order valence-corrected chi connectivity index (χ4v) is 3.22. The van der Waals surface area contributed by atoms with Crippen molar-refractivity contribution in [3.63, 3.8) is 0 Å². The number of allylic oxidation sites excluding steroid dienone is 1. The Morgan fingerprint density at radius 2 is 2.17 bits per heavy atom. The standard InChI is InChI=1S/C17H18N2O3S/c1-2-8-18-17-19-16(20)15(23-17)13(14-10-21-11-22-14)9-12-6-4-3-5-7-12/h3-7,10H,2,8-9,11H2,1H3,(H,18,19,20). The van der Waals surface area contributed by atoms with Crippen molar-refractivity contribution in [3.05, 3.63) is 58.4 Å². The van der Waals surface area contributed by atoms with Gasteiger partial charge in [0.2, 0.25) is 6.79 Å². The van der Waals surface area contributed by atoms with Crippen molar-refractivity contribution in [2.24, 2.45) is 4.99 Å². The minimum atomic E-state index is -0.132. The molecule has 1 amide bonds. The zero-order valence-corrected chi connectivity index (χ0v) is 13.7. The number of nitrogens with one attached hydrogen (secondary N) is 1. The summed E-state index contributed by atoms with van der Waals surface area (Å²) in [6.45, 7) is 2.94. The number of ether oxygens (including phenoxy) is 2. The van der Waals surface area contributed by atoms with E-state index in [-0.39, 0.29) is 12.7 Å². The Bertz CT molecular complexity index is 680. The summed E-state index contributed by atoms with van der Waals surface area (Å²) in [4.78, 5) is 17.3. The van der Waals surface area contributed by atoms with Crippen molar-refractivity contribution in [1.29, 1.82) is 0 Å². The topological polar surface area (TPSA) is 59.9 Å². The van der Waals surface area contributed by atoms with Gasteiger partial charge in [0.1, 0.15) is 6.26 Å². The lowest BCUT2D eigenvalue weighted by Gasteiger charge is -2.09. The molecule has 5 nitrogen and oxygen atoms in total.